The first kappa shape index (κ1) is 10.8. The number of rotatable bonds is 3. The second-order valence-corrected chi connectivity index (χ2v) is 3.42. The third kappa shape index (κ3) is 2.15. The van der Waals surface area contributed by atoms with E-state index in [0.29, 0.717) is 4.47 Å². The molecule has 0 radical (unpaired) electrons. The van der Waals surface area contributed by atoms with E-state index >= 15 is 0 Å². The number of carbonyl (C=O) groups excluding carboxylic acids is 1. The number of ketones is 1. The maximum Gasteiger partial charge on any atom is 0.281 e. The number of aliphatic hydroxyl groups excluding tert-OH is 1. The van der Waals surface area contributed by atoms with Crippen molar-refractivity contribution < 1.29 is 14.8 Å². The van der Waals surface area contributed by atoms with Gasteiger partial charge < -0.3 is 5.11 Å². The van der Waals surface area contributed by atoms with Gasteiger partial charge in [-0.2, -0.15) is 0 Å². The van der Waals surface area contributed by atoms with E-state index in [9.17, 15) is 14.9 Å². The predicted octanol–water partition coefficient (Wildman–Crippen LogP) is 1.53. The van der Waals surface area contributed by atoms with Gasteiger partial charge in [0.15, 0.2) is 5.78 Å². The van der Waals surface area contributed by atoms with E-state index in [0.717, 1.165) is 0 Å². The van der Waals surface area contributed by atoms with Gasteiger partial charge >= 0.3 is 0 Å². The fourth-order valence-electron chi connectivity index (χ4n) is 0.977. The molecule has 0 saturated carbocycles. The van der Waals surface area contributed by atoms with Crippen molar-refractivity contribution in [2.24, 2.45) is 0 Å². The summed E-state index contributed by atoms with van der Waals surface area (Å²) < 4.78 is 0.513. The van der Waals surface area contributed by atoms with Crippen LogP contribution in [0, 0.1) is 10.1 Å². The average Bonchev–Trinajstić information content (AvgIpc) is 2.16. The summed E-state index contributed by atoms with van der Waals surface area (Å²) in [5.41, 5.74) is -0.390. The SMILES string of the molecule is O=C(CO)c1ccc(Br)cc1[N+](=O)[O-]. The molecule has 0 aliphatic carbocycles. The zero-order valence-corrected chi connectivity index (χ0v) is 8.52. The molecule has 74 valence electrons. The number of carbonyl (C=O) groups is 1. The molecule has 0 atom stereocenters. The molecule has 1 N–H and O–H groups in total. The number of nitrogens with zero attached hydrogens (tertiary/aromatic N) is 1. The fraction of sp³-hybridized carbons (Fsp3) is 0.125. The highest BCUT2D eigenvalue weighted by molar-refractivity contribution is 9.10. The Morgan fingerprint density at radius 1 is 1.57 bits per heavy atom. The molecule has 0 aliphatic rings. The fourth-order valence-corrected chi connectivity index (χ4v) is 1.33. The molecule has 6 heteroatoms. The highest BCUT2D eigenvalue weighted by atomic mass is 79.9. The summed E-state index contributed by atoms with van der Waals surface area (Å²) >= 11 is 3.06. The summed E-state index contributed by atoms with van der Waals surface area (Å²) in [7, 11) is 0. The lowest BCUT2D eigenvalue weighted by Gasteiger charge is -1.99. The van der Waals surface area contributed by atoms with Gasteiger partial charge in [0.2, 0.25) is 0 Å². The Bertz CT molecular complexity index is 391. The van der Waals surface area contributed by atoms with Crippen molar-refractivity contribution in [1.82, 2.24) is 0 Å². The Balaban J connectivity index is 3.28. The number of Topliss-reactive ketones (excluding diaryl/α,β-unsaturated/α-hetero) is 1. The molecule has 0 amide bonds. The van der Waals surface area contributed by atoms with Crippen molar-refractivity contribution in [3.05, 3.63) is 38.3 Å². The summed E-state index contributed by atoms with van der Waals surface area (Å²) in [4.78, 5) is 21.0. The topological polar surface area (TPSA) is 80.4 Å². The minimum absolute atomic E-state index is 0.0827. The van der Waals surface area contributed by atoms with Crippen LogP contribution in [0.15, 0.2) is 22.7 Å². The van der Waals surface area contributed by atoms with Crippen molar-refractivity contribution in [2.75, 3.05) is 6.61 Å². The van der Waals surface area contributed by atoms with Crippen LogP contribution < -0.4 is 0 Å². The van der Waals surface area contributed by atoms with Crippen molar-refractivity contribution in [3.63, 3.8) is 0 Å². The molecule has 0 aliphatic heterocycles. The van der Waals surface area contributed by atoms with Crippen LogP contribution in [0.2, 0.25) is 0 Å². The van der Waals surface area contributed by atoms with Gasteiger partial charge in [0.05, 0.1) is 10.5 Å². The predicted molar refractivity (Wildman–Crippen MR) is 52.2 cm³/mol. The molecule has 1 aromatic rings. The number of hydrogen-bond donors (Lipinski definition) is 1. The molecule has 5 nitrogen and oxygen atoms in total. The van der Waals surface area contributed by atoms with Gasteiger partial charge in [-0.1, -0.05) is 15.9 Å². The Morgan fingerprint density at radius 2 is 2.21 bits per heavy atom. The van der Waals surface area contributed by atoms with Crippen LogP contribution in [0.3, 0.4) is 0 Å². The highest BCUT2D eigenvalue weighted by Gasteiger charge is 2.19. The molecular formula is C8H6BrNO4. The minimum Gasteiger partial charge on any atom is -0.388 e. The first-order valence-electron chi connectivity index (χ1n) is 3.64. The molecule has 1 aromatic carbocycles. The van der Waals surface area contributed by atoms with Crippen molar-refractivity contribution in [3.8, 4) is 0 Å². The van der Waals surface area contributed by atoms with Crippen molar-refractivity contribution in [1.29, 1.82) is 0 Å². The standard InChI is InChI=1S/C8H6BrNO4/c9-5-1-2-6(8(12)4-11)7(3-5)10(13)14/h1-3,11H,4H2. The zero-order chi connectivity index (χ0) is 10.7. The van der Waals surface area contributed by atoms with Crippen LogP contribution in [0.1, 0.15) is 10.4 Å². The van der Waals surface area contributed by atoms with E-state index in [1.165, 1.54) is 18.2 Å². The summed E-state index contributed by atoms with van der Waals surface area (Å²) in [5.74, 6) is -0.663. The monoisotopic (exact) mass is 259 g/mol. The number of hydrogen-bond acceptors (Lipinski definition) is 4. The van der Waals surface area contributed by atoms with Gasteiger partial charge in [-0.05, 0) is 12.1 Å². The lowest BCUT2D eigenvalue weighted by Crippen LogP contribution is -2.07. The van der Waals surface area contributed by atoms with E-state index in [1.807, 2.05) is 0 Å². The van der Waals surface area contributed by atoms with Crippen molar-refractivity contribution in [2.45, 2.75) is 0 Å². The molecule has 0 aromatic heterocycles. The lowest BCUT2D eigenvalue weighted by molar-refractivity contribution is -0.385. The van der Waals surface area contributed by atoms with Crippen LogP contribution in [0.25, 0.3) is 0 Å². The molecular weight excluding hydrogens is 254 g/mol. The Kier molecular flexibility index (Phi) is 3.32. The minimum atomic E-state index is -0.734. The molecule has 0 unspecified atom stereocenters. The maximum absolute atomic E-state index is 11.1. The smallest absolute Gasteiger partial charge is 0.281 e. The number of nitro benzene ring substituents is 1. The zero-order valence-electron chi connectivity index (χ0n) is 6.94. The van der Waals surface area contributed by atoms with Gasteiger partial charge in [0.25, 0.3) is 5.69 Å². The summed E-state index contributed by atoms with van der Waals surface area (Å²) in [6.07, 6.45) is 0. The van der Waals surface area contributed by atoms with Crippen LogP contribution in [-0.2, 0) is 0 Å². The number of benzene rings is 1. The first-order chi connectivity index (χ1) is 6.56. The average molecular weight is 260 g/mol. The van der Waals surface area contributed by atoms with Gasteiger partial charge in [-0.25, -0.2) is 0 Å². The van der Waals surface area contributed by atoms with Gasteiger partial charge in [0.1, 0.15) is 6.61 Å². The Labute approximate surface area is 87.6 Å². The second-order valence-electron chi connectivity index (χ2n) is 2.50. The van der Waals surface area contributed by atoms with E-state index < -0.39 is 17.3 Å². The largest absolute Gasteiger partial charge is 0.388 e. The van der Waals surface area contributed by atoms with Crippen LogP contribution >= 0.6 is 15.9 Å². The van der Waals surface area contributed by atoms with Crippen LogP contribution in [0.5, 0.6) is 0 Å². The number of aliphatic hydroxyl groups is 1. The molecule has 0 spiro atoms. The van der Waals surface area contributed by atoms with E-state index in [1.54, 1.807) is 0 Å². The third-order valence-corrected chi connectivity index (χ3v) is 2.09. The normalized spacial score (nSPS) is 9.86. The molecule has 0 saturated heterocycles. The quantitative estimate of drug-likeness (QED) is 0.507. The molecule has 0 heterocycles. The Morgan fingerprint density at radius 3 is 2.71 bits per heavy atom. The molecule has 0 fully saturated rings. The van der Waals surface area contributed by atoms with Gasteiger partial charge in [-0.15, -0.1) is 0 Å². The van der Waals surface area contributed by atoms with Crippen LogP contribution in [-0.4, -0.2) is 22.4 Å². The van der Waals surface area contributed by atoms with E-state index in [4.69, 9.17) is 5.11 Å². The summed E-state index contributed by atoms with van der Waals surface area (Å²) in [5, 5.41) is 19.1. The maximum atomic E-state index is 11.1. The van der Waals surface area contributed by atoms with E-state index in [-0.39, 0.29) is 11.3 Å². The molecule has 1 rings (SSSR count). The van der Waals surface area contributed by atoms with Crippen LogP contribution in [0.4, 0.5) is 5.69 Å². The number of nitro groups is 1. The first-order valence-corrected chi connectivity index (χ1v) is 4.43. The summed E-state index contributed by atoms with van der Waals surface area (Å²) in [6.45, 7) is -0.734. The summed E-state index contributed by atoms with van der Waals surface area (Å²) in [6, 6.07) is 4.04. The molecule has 0 bridgehead atoms. The van der Waals surface area contributed by atoms with E-state index in [2.05, 4.69) is 15.9 Å². The second kappa shape index (κ2) is 4.30. The molecule has 14 heavy (non-hydrogen) atoms. The van der Waals surface area contributed by atoms with Crippen molar-refractivity contribution >= 4 is 27.4 Å². The number of halogens is 1. The van der Waals surface area contributed by atoms with Gasteiger partial charge in [0, 0.05) is 10.5 Å². The Hall–Kier alpha value is -1.27. The third-order valence-electron chi connectivity index (χ3n) is 1.60. The highest BCUT2D eigenvalue weighted by Crippen LogP contribution is 2.23. The lowest BCUT2D eigenvalue weighted by atomic mass is 10.1. The van der Waals surface area contributed by atoms with Gasteiger partial charge in [-0.3, -0.25) is 14.9 Å².